The van der Waals surface area contributed by atoms with Crippen LogP contribution in [-0.4, -0.2) is 28.8 Å². The van der Waals surface area contributed by atoms with Gasteiger partial charge in [-0.2, -0.15) is 0 Å². The Balaban J connectivity index is 1.49. The first-order chi connectivity index (χ1) is 17.2. The molecule has 4 aromatic carbocycles. The molecule has 0 amide bonds. The van der Waals surface area contributed by atoms with Gasteiger partial charge in [0, 0.05) is 32.5 Å². The summed E-state index contributed by atoms with van der Waals surface area (Å²) in [5.74, 6) is 0. The van der Waals surface area contributed by atoms with E-state index in [4.69, 9.17) is 14.1 Å². The van der Waals surface area contributed by atoms with Crippen LogP contribution >= 0.6 is 0 Å². The molecular weight excluding hydrogens is 445 g/mol. The molecule has 0 aliphatic heterocycles. The minimum atomic E-state index is -0.942. The highest BCUT2D eigenvalue weighted by Crippen LogP contribution is 2.40. The molecule has 0 fully saturated rings. The van der Waals surface area contributed by atoms with Gasteiger partial charge < -0.3 is 14.2 Å². The number of pyridine rings is 1. The van der Waals surface area contributed by atoms with Crippen molar-refractivity contribution < 1.29 is 14.2 Å². The van der Waals surface area contributed by atoms with E-state index in [-0.39, 0.29) is 0 Å². The molecule has 178 valence electrons. The zero-order valence-electron chi connectivity index (χ0n) is 21.0. The Morgan fingerprint density at radius 3 is 2.17 bits per heavy atom. The van der Waals surface area contributed by atoms with E-state index in [9.17, 15) is 5.11 Å². The fourth-order valence-electron chi connectivity index (χ4n) is 4.64. The van der Waals surface area contributed by atoms with E-state index in [1.165, 1.54) is 0 Å². The first-order valence-corrected chi connectivity index (χ1v) is 12.3. The lowest BCUT2D eigenvalue weighted by Gasteiger charge is -2.37. The molecule has 6 rings (SSSR count). The van der Waals surface area contributed by atoms with Gasteiger partial charge >= 0.3 is 7.48 Å². The highest BCUT2D eigenvalue weighted by molar-refractivity contribution is 6.47. The third-order valence-electron chi connectivity index (χ3n) is 7.51. The highest BCUT2D eigenvalue weighted by atomic mass is 16.5. The van der Waals surface area contributed by atoms with Crippen molar-refractivity contribution in [3.63, 3.8) is 0 Å². The Labute approximate surface area is 210 Å². The second-order valence-electron chi connectivity index (χ2n) is 10.5. The number of nitrogens with zero attached hydrogens (tertiary/aromatic N) is 1. The molecule has 0 saturated carbocycles. The van der Waals surface area contributed by atoms with Crippen LogP contribution in [0.4, 0.5) is 0 Å². The minimum absolute atomic E-state index is 0.419. The van der Waals surface area contributed by atoms with Crippen LogP contribution in [0.2, 0.25) is 0 Å². The average molecular weight is 473 g/mol. The lowest BCUT2D eigenvalue weighted by atomic mass is 9.82. The highest BCUT2D eigenvalue weighted by Gasteiger charge is 2.35. The van der Waals surface area contributed by atoms with Crippen LogP contribution < -0.4 is 5.46 Å². The van der Waals surface area contributed by atoms with Gasteiger partial charge in [-0.15, -0.1) is 0 Å². The largest absolute Gasteiger partial charge is 0.455 e. The number of benzene rings is 4. The molecule has 6 aromatic rings. The maximum Gasteiger partial charge on any atom is 0.309 e. The Bertz CT molecular complexity index is 1740. The third kappa shape index (κ3) is 3.67. The Kier molecular flexibility index (Phi) is 5.18. The fourth-order valence-corrected chi connectivity index (χ4v) is 4.64. The molecule has 0 unspecified atom stereocenters. The molecule has 2 aromatic heterocycles. The van der Waals surface area contributed by atoms with E-state index >= 15 is 0 Å². The predicted octanol–water partition coefficient (Wildman–Crippen LogP) is 6.50. The molecule has 36 heavy (non-hydrogen) atoms. The first-order valence-electron chi connectivity index (χ1n) is 12.3. The number of hydrogen-bond acceptors (Lipinski definition) is 4. The van der Waals surface area contributed by atoms with Crippen molar-refractivity contribution in [3.05, 3.63) is 84.9 Å². The van der Waals surface area contributed by atoms with Crippen LogP contribution in [0.1, 0.15) is 27.7 Å². The molecular formula is C31H28BNO3. The Morgan fingerprint density at radius 1 is 0.750 bits per heavy atom. The van der Waals surface area contributed by atoms with Crippen LogP contribution in [0.5, 0.6) is 0 Å². The zero-order chi connectivity index (χ0) is 25.1. The molecule has 0 radical (unpaired) electrons. The minimum Gasteiger partial charge on any atom is -0.455 e. The summed E-state index contributed by atoms with van der Waals surface area (Å²) in [5.41, 5.74) is 4.12. The van der Waals surface area contributed by atoms with Crippen LogP contribution in [0.25, 0.3) is 54.9 Å². The maximum atomic E-state index is 10.4. The molecule has 0 atom stereocenters. The summed E-state index contributed by atoms with van der Waals surface area (Å²) >= 11 is 0. The van der Waals surface area contributed by atoms with Gasteiger partial charge in [-0.1, -0.05) is 72.2 Å². The summed E-state index contributed by atoms with van der Waals surface area (Å²) in [4.78, 5) is 5.08. The number of furan rings is 1. The molecule has 1 N–H and O–H groups in total. The van der Waals surface area contributed by atoms with Crippen LogP contribution in [0.3, 0.4) is 0 Å². The summed E-state index contributed by atoms with van der Waals surface area (Å²) in [5, 5.41) is 15.9. The molecule has 0 spiro atoms. The van der Waals surface area contributed by atoms with Gasteiger partial charge in [0.25, 0.3) is 0 Å². The van der Waals surface area contributed by atoms with E-state index in [0.717, 1.165) is 60.3 Å². The third-order valence-corrected chi connectivity index (χ3v) is 7.51. The lowest BCUT2D eigenvalue weighted by molar-refractivity contribution is -0.0893. The quantitative estimate of drug-likeness (QED) is 0.230. The first kappa shape index (κ1) is 22.8. The number of rotatable bonds is 5. The van der Waals surface area contributed by atoms with Gasteiger partial charge in [0.15, 0.2) is 0 Å². The Hall–Kier alpha value is -3.67. The maximum absolute atomic E-state index is 10.4. The van der Waals surface area contributed by atoms with Crippen molar-refractivity contribution >= 4 is 56.6 Å². The van der Waals surface area contributed by atoms with E-state index in [0.29, 0.717) is 7.48 Å². The van der Waals surface area contributed by atoms with E-state index in [2.05, 4.69) is 60.7 Å². The normalized spacial score (nSPS) is 12.7. The molecule has 4 nitrogen and oxygen atoms in total. The fraction of sp³-hybridized carbons (Fsp3) is 0.194. The second kappa shape index (κ2) is 8.19. The SMILES string of the molecule is CC(C)(O)C(C)(C)OBc1ccc(-c2nc3ccccc3c3c2ccc2c4ccccc4oc23)cc1. The summed E-state index contributed by atoms with van der Waals surface area (Å²) in [7, 11) is 0.419. The van der Waals surface area contributed by atoms with Crippen molar-refractivity contribution in [3.8, 4) is 11.3 Å². The van der Waals surface area contributed by atoms with Crippen molar-refractivity contribution in [2.75, 3.05) is 0 Å². The van der Waals surface area contributed by atoms with Crippen LogP contribution in [-0.2, 0) is 4.65 Å². The molecule has 0 saturated heterocycles. The number of aromatic nitrogens is 1. The topological polar surface area (TPSA) is 55.5 Å². The molecule has 0 aliphatic carbocycles. The van der Waals surface area contributed by atoms with Gasteiger partial charge in [0.05, 0.1) is 22.4 Å². The van der Waals surface area contributed by atoms with Gasteiger partial charge in [0.1, 0.15) is 11.2 Å². The van der Waals surface area contributed by atoms with Crippen molar-refractivity contribution in [1.29, 1.82) is 0 Å². The monoisotopic (exact) mass is 473 g/mol. The molecule has 5 heteroatoms. The van der Waals surface area contributed by atoms with Crippen molar-refractivity contribution in [2.24, 2.45) is 0 Å². The summed E-state index contributed by atoms with van der Waals surface area (Å²) in [6.07, 6.45) is 0. The molecule has 2 heterocycles. The van der Waals surface area contributed by atoms with Crippen molar-refractivity contribution in [2.45, 2.75) is 38.9 Å². The Morgan fingerprint density at radius 2 is 1.42 bits per heavy atom. The van der Waals surface area contributed by atoms with Gasteiger partial charge in [0.2, 0.25) is 0 Å². The van der Waals surface area contributed by atoms with E-state index in [1.807, 2.05) is 38.1 Å². The molecule has 0 bridgehead atoms. The number of aliphatic hydroxyl groups is 1. The number of para-hydroxylation sites is 2. The summed E-state index contributed by atoms with van der Waals surface area (Å²) in [6.45, 7) is 7.35. The van der Waals surface area contributed by atoms with Gasteiger partial charge in [-0.25, -0.2) is 4.98 Å². The van der Waals surface area contributed by atoms with Crippen LogP contribution in [0, 0.1) is 0 Å². The number of hydrogen-bond donors (Lipinski definition) is 1. The van der Waals surface area contributed by atoms with E-state index in [1.54, 1.807) is 13.8 Å². The zero-order valence-corrected chi connectivity index (χ0v) is 21.0. The number of fused-ring (bicyclic) bond motifs is 7. The summed E-state index contributed by atoms with van der Waals surface area (Å²) in [6, 6.07) is 29.1. The lowest BCUT2D eigenvalue weighted by Crippen LogP contribution is -2.49. The predicted molar refractivity (Wildman–Crippen MR) is 150 cm³/mol. The smallest absolute Gasteiger partial charge is 0.309 e. The van der Waals surface area contributed by atoms with Gasteiger partial charge in [-0.3, -0.25) is 0 Å². The standard InChI is InChI=1S/C31H28BNO3/c1-30(2,34)31(3,4)36-32-20-15-13-19(14-16-20)28-24-18-17-22-21-9-6-8-12-26(21)35-29(22)27(24)23-10-5-7-11-25(23)33-28/h5-18,32,34H,1-4H3. The average Bonchev–Trinajstić information content (AvgIpc) is 3.25. The van der Waals surface area contributed by atoms with Crippen molar-refractivity contribution in [1.82, 2.24) is 4.98 Å². The van der Waals surface area contributed by atoms with E-state index < -0.39 is 11.2 Å². The summed E-state index contributed by atoms with van der Waals surface area (Å²) < 4.78 is 12.5. The van der Waals surface area contributed by atoms with Crippen LogP contribution in [0.15, 0.2) is 89.3 Å². The van der Waals surface area contributed by atoms with Gasteiger partial charge in [-0.05, 0) is 45.9 Å². The molecule has 0 aliphatic rings. The second-order valence-corrected chi connectivity index (χ2v) is 10.5.